The number of methoxy groups -OCH3 is 1. The summed E-state index contributed by atoms with van der Waals surface area (Å²) < 4.78 is 10.8. The molecule has 3 rings (SSSR count). The van der Waals surface area contributed by atoms with E-state index in [-0.39, 0.29) is 5.78 Å². The highest BCUT2D eigenvalue weighted by Crippen LogP contribution is 2.31. The first kappa shape index (κ1) is 13.0. The predicted molar refractivity (Wildman–Crippen MR) is 76.9 cm³/mol. The van der Waals surface area contributed by atoms with Crippen molar-refractivity contribution in [3.63, 3.8) is 0 Å². The summed E-state index contributed by atoms with van der Waals surface area (Å²) in [6.07, 6.45) is 0.0791. The number of ether oxygens (including phenoxy) is 2. The Bertz CT molecular complexity index is 642. The standard InChI is InChI=1S/C16H13ClO3/c1-19-11-6-7-12(13(17)9-11)16(18)15-8-10-4-2-3-5-14(10)20-15/h2-7,9,15H,8H2,1H3. The average Bonchev–Trinajstić information content (AvgIpc) is 2.90. The van der Waals surface area contributed by atoms with Crippen molar-refractivity contribution in [3.05, 3.63) is 58.6 Å². The molecule has 1 aliphatic heterocycles. The molecule has 1 aliphatic rings. The third-order valence-corrected chi connectivity index (χ3v) is 3.69. The highest BCUT2D eigenvalue weighted by molar-refractivity contribution is 6.34. The van der Waals surface area contributed by atoms with Crippen LogP contribution in [0.2, 0.25) is 5.02 Å². The van der Waals surface area contributed by atoms with Crippen molar-refractivity contribution in [1.29, 1.82) is 0 Å². The van der Waals surface area contributed by atoms with Crippen LogP contribution in [0, 0.1) is 0 Å². The van der Waals surface area contributed by atoms with Crippen LogP contribution < -0.4 is 9.47 Å². The third kappa shape index (κ3) is 2.25. The summed E-state index contributed by atoms with van der Waals surface area (Å²) in [7, 11) is 1.56. The Labute approximate surface area is 122 Å². The van der Waals surface area contributed by atoms with Gasteiger partial charge in [-0.05, 0) is 29.8 Å². The fourth-order valence-electron chi connectivity index (χ4n) is 2.32. The van der Waals surface area contributed by atoms with E-state index in [1.54, 1.807) is 25.3 Å². The van der Waals surface area contributed by atoms with E-state index in [4.69, 9.17) is 21.1 Å². The Balaban J connectivity index is 1.85. The molecular weight excluding hydrogens is 276 g/mol. The van der Waals surface area contributed by atoms with Gasteiger partial charge in [0.2, 0.25) is 5.78 Å². The van der Waals surface area contributed by atoms with Crippen molar-refractivity contribution in [3.8, 4) is 11.5 Å². The summed E-state index contributed by atoms with van der Waals surface area (Å²) in [4.78, 5) is 12.5. The number of fused-ring (bicyclic) bond motifs is 1. The van der Waals surface area contributed by atoms with Gasteiger partial charge in [-0.2, -0.15) is 0 Å². The van der Waals surface area contributed by atoms with E-state index in [9.17, 15) is 4.79 Å². The molecule has 0 spiro atoms. The van der Waals surface area contributed by atoms with Crippen molar-refractivity contribution >= 4 is 17.4 Å². The second-order valence-corrected chi connectivity index (χ2v) is 5.04. The van der Waals surface area contributed by atoms with E-state index >= 15 is 0 Å². The Kier molecular flexibility index (Phi) is 3.36. The number of rotatable bonds is 3. The van der Waals surface area contributed by atoms with Gasteiger partial charge in [0.25, 0.3) is 0 Å². The monoisotopic (exact) mass is 288 g/mol. The van der Waals surface area contributed by atoms with Crippen LogP contribution in [-0.2, 0) is 6.42 Å². The van der Waals surface area contributed by atoms with Crippen LogP contribution in [0.3, 0.4) is 0 Å². The molecule has 1 heterocycles. The molecule has 4 heteroatoms. The molecule has 0 bridgehead atoms. The summed E-state index contributed by atoms with van der Waals surface area (Å²) in [6.45, 7) is 0. The molecule has 0 saturated carbocycles. The molecule has 2 aromatic carbocycles. The lowest BCUT2D eigenvalue weighted by Crippen LogP contribution is -2.25. The van der Waals surface area contributed by atoms with Crippen molar-refractivity contribution in [2.75, 3.05) is 7.11 Å². The summed E-state index contributed by atoms with van der Waals surface area (Å²) in [5.74, 6) is 1.30. The molecule has 0 saturated heterocycles. The Morgan fingerprint density at radius 3 is 2.80 bits per heavy atom. The van der Waals surface area contributed by atoms with Gasteiger partial charge in [0.15, 0.2) is 6.10 Å². The van der Waals surface area contributed by atoms with E-state index < -0.39 is 6.10 Å². The Morgan fingerprint density at radius 2 is 2.10 bits per heavy atom. The molecule has 20 heavy (non-hydrogen) atoms. The summed E-state index contributed by atoms with van der Waals surface area (Å²) in [5, 5.41) is 0.383. The molecule has 102 valence electrons. The van der Waals surface area contributed by atoms with Crippen molar-refractivity contribution in [1.82, 2.24) is 0 Å². The number of carbonyl (C=O) groups excluding carboxylic acids is 1. The summed E-state index contributed by atoms with van der Waals surface area (Å²) in [5.41, 5.74) is 1.51. The minimum absolute atomic E-state index is 0.103. The molecule has 2 aromatic rings. The van der Waals surface area contributed by atoms with Crippen LogP contribution in [0.4, 0.5) is 0 Å². The third-order valence-electron chi connectivity index (χ3n) is 3.38. The molecule has 0 aliphatic carbocycles. The van der Waals surface area contributed by atoms with E-state index in [1.807, 2.05) is 24.3 Å². The van der Waals surface area contributed by atoms with Gasteiger partial charge in [-0.3, -0.25) is 4.79 Å². The molecular formula is C16H13ClO3. The SMILES string of the molecule is COc1ccc(C(=O)C2Cc3ccccc3O2)c(Cl)c1. The maximum absolute atomic E-state index is 12.5. The molecule has 0 aromatic heterocycles. The van der Waals surface area contributed by atoms with Crippen molar-refractivity contribution < 1.29 is 14.3 Å². The lowest BCUT2D eigenvalue weighted by atomic mass is 10.0. The number of hydrogen-bond donors (Lipinski definition) is 0. The van der Waals surface area contributed by atoms with Crippen LogP contribution in [0.5, 0.6) is 11.5 Å². The fourth-order valence-corrected chi connectivity index (χ4v) is 2.59. The van der Waals surface area contributed by atoms with Crippen molar-refractivity contribution in [2.24, 2.45) is 0 Å². The van der Waals surface area contributed by atoms with Gasteiger partial charge in [0, 0.05) is 12.0 Å². The molecule has 0 radical (unpaired) electrons. The fraction of sp³-hybridized carbons (Fsp3) is 0.188. The Hall–Kier alpha value is -2.00. The van der Waals surface area contributed by atoms with Crippen molar-refractivity contribution in [2.45, 2.75) is 12.5 Å². The normalized spacial score (nSPS) is 16.4. The van der Waals surface area contributed by atoms with Gasteiger partial charge in [0.1, 0.15) is 11.5 Å². The maximum Gasteiger partial charge on any atom is 0.205 e. The van der Waals surface area contributed by atoms with Gasteiger partial charge in [-0.15, -0.1) is 0 Å². The maximum atomic E-state index is 12.5. The minimum atomic E-state index is -0.502. The van der Waals surface area contributed by atoms with Crippen LogP contribution in [0.25, 0.3) is 0 Å². The van der Waals surface area contributed by atoms with Gasteiger partial charge in [-0.1, -0.05) is 29.8 Å². The summed E-state index contributed by atoms with van der Waals surface area (Å²) >= 11 is 6.14. The molecule has 0 fully saturated rings. The second-order valence-electron chi connectivity index (χ2n) is 4.63. The van der Waals surface area contributed by atoms with E-state index in [0.29, 0.717) is 22.8 Å². The summed E-state index contributed by atoms with van der Waals surface area (Å²) in [6, 6.07) is 12.7. The molecule has 1 atom stereocenters. The highest BCUT2D eigenvalue weighted by atomic mass is 35.5. The molecule has 1 unspecified atom stereocenters. The molecule has 0 N–H and O–H groups in total. The molecule has 0 amide bonds. The zero-order valence-corrected chi connectivity index (χ0v) is 11.7. The number of hydrogen-bond acceptors (Lipinski definition) is 3. The smallest absolute Gasteiger partial charge is 0.205 e. The lowest BCUT2D eigenvalue weighted by Gasteiger charge is -2.11. The number of halogens is 1. The van der Waals surface area contributed by atoms with E-state index in [0.717, 1.165) is 11.3 Å². The minimum Gasteiger partial charge on any atom is -0.497 e. The number of Topliss-reactive ketones (excluding diaryl/α,β-unsaturated/α-hetero) is 1. The number of ketones is 1. The second kappa shape index (κ2) is 5.17. The van der Waals surface area contributed by atoms with Crippen LogP contribution in [0.1, 0.15) is 15.9 Å². The quantitative estimate of drug-likeness (QED) is 0.811. The molecule has 3 nitrogen and oxygen atoms in total. The van der Waals surface area contributed by atoms with Gasteiger partial charge >= 0.3 is 0 Å². The lowest BCUT2D eigenvalue weighted by molar-refractivity contribution is 0.0825. The first-order chi connectivity index (χ1) is 9.69. The highest BCUT2D eigenvalue weighted by Gasteiger charge is 2.30. The number of carbonyl (C=O) groups is 1. The topological polar surface area (TPSA) is 35.5 Å². The van der Waals surface area contributed by atoms with Gasteiger partial charge < -0.3 is 9.47 Å². The average molecular weight is 289 g/mol. The van der Waals surface area contributed by atoms with E-state index in [1.165, 1.54) is 0 Å². The predicted octanol–water partition coefficient (Wildman–Crippen LogP) is 3.54. The number of benzene rings is 2. The van der Waals surface area contributed by atoms with Crippen LogP contribution in [0.15, 0.2) is 42.5 Å². The zero-order chi connectivity index (χ0) is 14.1. The van der Waals surface area contributed by atoms with Gasteiger partial charge in [0.05, 0.1) is 12.1 Å². The zero-order valence-electron chi connectivity index (χ0n) is 10.9. The van der Waals surface area contributed by atoms with Crippen LogP contribution >= 0.6 is 11.6 Å². The number of para-hydroxylation sites is 1. The Morgan fingerprint density at radius 1 is 1.30 bits per heavy atom. The van der Waals surface area contributed by atoms with E-state index in [2.05, 4.69) is 0 Å². The largest absolute Gasteiger partial charge is 0.497 e. The first-order valence-electron chi connectivity index (χ1n) is 6.31. The van der Waals surface area contributed by atoms with Crippen LogP contribution in [-0.4, -0.2) is 19.0 Å². The first-order valence-corrected chi connectivity index (χ1v) is 6.69. The van der Waals surface area contributed by atoms with Gasteiger partial charge in [-0.25, -0.2) is 0 Å².